The minimum atomic E-state index is -3.71. The molecule has 158 valence electrons. The summed E-state index contributed by atoms with van der Waals surface area (Å²) in [4.78, 5) is 14.3. The Morgan fingerprint density at radius 3 is 2.63 bits per heavy atom. The number of carbonyl (C=O) groups excluding carboxylic acids is 1. The van der Waals surface area contributed by atoms with Crippen molar-refractivity contribution in [2.45, 2.75) is 17.7 Å². The first-order valence-electron chi connectivity index (χ1n) is 9.92. The third-order valence-electron chi connectivity index (χ3n) is 5.35. The average Bonchev–Trinajstić information content (AvgIpc) is 3.05. The molecule has 2 heterocycles. The first-order chi connectivity index (χ1) is 14.4. The van der Waals surface area contributed by atoms with Gasteiger partial charge in [-0.2, -0.15) is 4.31 Å². The van der Waals surface area contributed by atoms with E-state index >= 15 is 0 Å². The number of hydrogen-bond acceptors (Lipinski definition) is 4. The summed E-state index contributed by atoms with van der Waals surface area (Å²) in [5.74, 6) is 0.269. The lowest BCUT2D eigenvalue weighted by molar-refractivity contribution is -0.125. The molecular weight excluding hydrogens is 407 g/mol. The molecule has 0 spiro atoms. The van der Waals surface area contributed by atoms with E-state index in [-0.39, 0.29) is 17.3 Å². The van der Waals surface area contributed by atoms with Gasteiger partial charge in [0.25, 0.3) is 0 Å². The highest BCUT2D eigenvalue weighted by Gasteiger charge is 2.27. The van der Waals surface area contributed by atoms with Crippen LogP contribution in [-0.4, -0.2) is 56.3 Å². The number of benzene rings is 2. The number of rotatable bonds is 4. The van der Waals surface area contributed by atoms with Crippen LogP contribution in [0.1, 0.15) is 17.5 Å². The number of nitrogens with zero attached hydrogens (tertiary/aromatic N) is 2. The van der Waals surface area contributed by atoms with E-state index in [1.807, 2.05) is 18.2 Å². The van der Waals surface area contributed by atoms with Gasteiger partial charge in [-0.1, -0.05) is 6.07 Å². The summed E-state index contributed by atoms with van der Waals surface area (Å²) in [5.41, 5.74) is 2.07. The lowest BCUT2D eigenvalue weighted by atomic mass is 10.1. The van der Waals surface area contributed by atoms with Crippen LogP contribution >= 0.6 is 0 Å². The lowest BCUT2D eigenvalue weighted by Gasteiger charge is -2.21. The smallest absolute Gasteiger partial charge is 0.246 e. The summed E-state index contributed by atoms with van der Waals surface area (Å²) < 4.78 is 45.6. The van der Waals surface area contributed by atoms with Gasteiger partial charge in [0.1, 0.15) is 11.6 Å². The van der Waals surface area contributed by atoms with Gasteiger partial charge in [0.15, 0.2) is 0 Å². The van der Waals surface area contributed by atoms with Crippen molar-refractivity contribution in [2.75, 3.05) is 32.8 Å². The fraction of sp³-hybridized carbons (Fsp3) is 0.318. The van der Waals surface area contributed by atoms with E-state index < -0.39 is 15.8 Å². The molecule has 8 heteroatoms. The number of hydrogen-bond donors (Lipinski definition) is 0. The number of fused-ring (bicyclic) bond motifs is 1. The number of sulfonamides is 1. The molecular formula is C22H23FN2O4S. The largest absolute Gasteiger partial charge is 0.493 e. The molecule has 0 saturated carbocycles. The summed E-state index contributed by atoms with van der Waals surface area (Å²) in [6.45, 7) is 2.00. The number of halogens is 1. The standard InChI is InChI=1S/C22H23FN2O4S/c23-19-4-6-20(7-5-19)30(27,28)25-12-1-11-24(13-14-25)22(26)9-3-17-2-8-21-18(16-17)10-15-29-21/h2-9,16H,1,10-15H2/b9-3+. The van der Waals surface area contributed by atoms with Crippen molar-refractivity contribution >= 4 is 22.0 Å². The van der Waals surface area contributed by atoms with E-state index in [4.69, 9.17) is 4.74 Å². The molecule has 0 unspecified atom stereocenters. The van der Waals surface area contributed by atoms with Crippen LogP contribution in [0.3, 0.4) is 0 Å². The van der Waals surface area contributed by atoms with Crippen LogP contribution in [0.5, 0.6) is 5.75 Å². The van der Waals surface area contributed by atoms with E-state index in [1.54, 1.807) is 11.0 Å². The normalized spacial score (nSPS) is 17.6. The molecule has 1 fully saturated rings. The predicted octanol–water partition coefficient (Wildman–Crippen LogP) is 2.70. The van der Waals surface area contributed by atoms with E-state index in [2.05, 4.69) is 0 Å². The monoisotopic (exact) mass is 430 g/mol. The Hall–Kier alpha value is -2.71. The molecule has 2 aliphatic rings. The molecule has 1 saturated heterocycles. The Morgan fingerprint density at radius 2 is 1.83 bits per heavy atom. The van der Waals surface area contributed by atoms with Gasteiger partial charge in [-0.15, -0.1) is 0 Å². The third-order valence-corrected chi connectivity index (χ3v) is 7.26. The Morgan fingerprint density at radius 1 is 1.03 bits per heavy atom. The molecule has 0 atom stereocenters. The quantitative estimate of drug-likeness (QED) is 0.700. The topological polar surface area (TPSA) is 66.9 Å². The fourth-order valence-corrected chi connectivity index (χ4v) is 5.16. The van der Waals surface area contributed by atoms with Gasteiger partial charge in [-0.05, 0) is 60.0 Å². The van der Waals surface area contributed by atoms with Crippen LogP contribution in [-0.2, 0) is 21.2 Å². The second kappa shape index (κ2) is 8.57. The van der Waals surface area contributed by atoms with E-state index in [9.17, 15) is 17.6 Å². The van der Waals surface area contributed by atoms with Crippen molar-refractivity contribution in [1.82, 2.24) is 9.21 Å². The summed E-state index contributed by atoms with van der Waals surface area (Å²) in [5, 5.41) is 0. The van der Waals surface area contributed by atoms with Crippen molar-refractivity contribution < 1.29 is 22.3 Å². The minimum absolute atomic E-state index is 0.0594. The predicted molar refractivity (Wildman–Crippen MR) is 111 cm³/mol. The number of ether oxygens (including phenoxy) is 1. The zero-order chi connectivity index (χ0) is 21.1. The summed E-state index contributed by atoms with van der Waals surface area (Å²) in [7, 11) is -3.71. The maximum absolute atomic E-state index is 13.1. The Kier molecular flexibility index (Phi) is 5.87. The van der Waals surface area contributed by atoms with Gasteiger partial charge in [0.2, 0.25) is 15.9 Å². The van der Waals surface area contributed by atoms with E-state index in [1.165, 1.54) is 22.5 Å². The van der Waals surface area contributed by atoms with E-state index in [0.717, 1.165) is 35.4 Å². The molecule has 30 heavy (non-hydrogen) atoms. The first-order valence-corrected chi connectivity index (χ1v) is 11.4. The summed E-state index contributed by atoms with van der Waals surface area (Å²) >= 11 is 0. The molecule has 2 aliphatic heterocycles. The second-order valence-corrected chi connectivity index (χ2v) is 9.27. The molecule has 2 aromatic carbocycles. The lowest BCUT2D eigenvalue weighted by Crippen LogP contribution is -2.36. The Bertz CT molecular complexity index is 1070. The van der Waals surface area contributed by atoms with Crippen molar-refractivity contribution in [1.29, 1.82) is 0 Å². The Balaban J connectivity index is 1.40. The summed E-state index contributed by atoms with van der Waals surface area (Å²) in [6, 6.07) is 10.6. The van der Waals surface area contributed by atoms with E-state index in [0.29, 0.717) is 32.7 Å². The van der Waals surface area contributed by atoms with Crippen molar-refractivity contribution in [3.8, 4) is 5.75 Å². The Labute approximate surface area is 175 Å². The zero-order valence-corrected chi connectivity index (χ0v) is 17.3. The van der Waals surface area contributed by atoms with Crippen LogP contribution < -0.4 is 4.74 Å². The first kappa shape index (κ1) is 20.6. The zero-order valence-electron chi connectivity index (χ0n) is 16.5. The highest BCUT2D eigenvalue weighted by molar-refractivity contribution is 7.89. The number of carbonyl (C=O) groups is 1. The molecule has 2 aromatic rings. The summed E-state index contributed by atoms with van der Waals surface area (Å²) in [6.07, 6.45) is 4.71. The molecule has 6 nitrogen and oxygen atoms in total. The number of amides is 1. The molecule has 4 rings (SSSR count). The van der Waals surface area contributed by atoms with Crippen LogP contribution in [0.15, 0.2) is 53.4 Å². The molecule has 0 bridgehead atoms. The molecule has 0 aliphatic carbocycles. The van der Waals surface area contributed by atoms with Gasteiger partial charge in [-0.25, -0.2) is 12.8 Å². The highest BCUT2D eigenvalue weighted by Crippen LogP contribution is 2.26. The van der Waals surface area contributed by atoms with Crippen LogP contribution in [0.4, 0.5) is 4.39 Å². The fourth-order valence-electron chi connectivity index (χ4n) is 3.69. The van der Waals surface area contributed by atoms with Crippen molar-refractivity contribution in [3.05, 3.63) is 65.5 Å². The highest BCUT2D eigenvalue weighted by atomic mass is 32.2. The van der Waals surface area contributed by atoms with Gasteiger partial charge in [0.05, 0.1) is 11.5 Å². The molecule has 1 amide bonds. The van der Waals surface area contributed by atoms with Gasteiger partial charge in [0, 0.05) is 38.7 Å². The van der Waals surface area contributed by atoms with Crippen LogP contribution in [0, 0.1) is 5.82 Å². The second-order valence-electron chi connectivity index (χ2n) is 7.34. The van der Waals surface area contributed by atoms with Crippen molar-refractivity contribution in [3.63, 3.8) is 0 Å². The van der Waals surface area contributed by atoms with Gasteiger partial charge < -0.3 is 9.64 Å². The third kappa shape index (κ3) is 4.39. The maximum Gasteiger partial charge on any atom is 0.246 e. The maximum atomic E-state index is 13.1. The average molecular weight is 431 g/mol. The van der Waals surface area contributed by atoms with Gasteiger partial charge in [-0.3, -0.25) is 4.79 Å². The SMILES string of the molecule is O=C(/C=C/c1ccc2c(c1)CCO2)N1CCCN(S(=O)(=O)c2ccc(F)cc2)CC1. The van der Waals surface area contributed by atoms with Crippen LogP contribution in [0.2, 0.25) is 0 Å². The molecule has 0 aromatic heterocycles. The van der Waals surface area contributed by atoms with Crippen LogP contribution in [0.25, 0.3) is 6.08 Å². The molecule has 0 radical (unpaired) electrons. The van der Waals surface area contributed by atoms with Crippen molar-refractivity contribution in [2.24, 2.45) is 0 Å². The van der Waals surface area contributed by atoms with Gasteiger partial charge >= 0.3 is 0 Å². The molecule has 0 N–H and O–H groups in total. The minimum Gasteiger partial charge on any atom is -0.493 e.